The lowest BCUT2D eigenvalue weighted by atomic mass is 10.3. The molecule has 0 fully saturated rings. The first kappa shape index (κ1) is 12.1. The fourth-order valence-electron chi connectivity index (χ4n) is 0.773. The highest BCUT2D eigenvalue weighted by Crippen LogP contribution is 2.24. The molecule has 0 spiro atoms. The minimum atomic E-state index is -4.91. The van der Waals surface area contributed by atoms with Gasteiger partial charge in [0, 0.05) is 12.1 Å². The summed E-state index contributed by atoms with van der Waals surface area (Å²) >= 11 is 0. The summed E-state index contributed by atoms with van der Waals surface area (Å²) in [5, 5.41) is 7.88. The molecule has 5 nitrogen and oxygen atoms in total. The van der Waals surface area contributed by atoms with Gasteiger partial charge in [-0.05, 0) is 0 Å². The highest BCUT2D eigenvalue weighted by atomic mass is 32.3. The van der Waals surface area contributed by atoms with Crippen LogP contribution in [0, 0.1) is 29.0 Å². The summed E-state index contributed by atoms with van der Waals surface area (Å²) in [6.45, 7) is 0. The summed E-state index contributed by atoms with van der Waals surface area (Å²) in [4.78, 5) is 0. The highest BCUT2D eigenvalue weighted by molar-refractivity contribution is 7.82. The Labute approximate surface area is 88.0 Å². The van der Waals surface area contributed by atoms with Gasteiger partial charge in [0.15, 0.2) is 11.6 Å². The van der Waals surface area contributed by atoms with Crippen LogP contribution in [0.15, 0.2) is 12.1 Å². The quantitative estimate of drug-likeness (QED) is 0.757. The van der Waals surface area contributed by atoms with E-state index in [1.807, 2.05) is 0 Å². The van der Waals surface area contributed by atoms with Gasteiger partial charge in [-0.3, -0.25) is 4.18 Å². The van der Waals surface area contributed by atoms with Crippen LogP contribution in [0.2, 0.25) is 0 Å². The molecule has 0 aliphatic rings. The molecule has 0 aliphatic heterocycles. The molecule has 0 unspecified atom stereocenters. The number of halogens is 3. The van der Waals surface area contributed by atoms with Crippen LogP contribution in [0.4, 0.5) is 13.2 Å². The summed E-state index contributed by atoms with van der Waals surface area (Å²) in [5.74, 6) is -5.79. The van der Waals surface area contributed by atoms with E-state index < -0.39 is 33.6 Å². The Morgan fingerprint density at radius 3 is 2.12 bits per heavy atom. The lowest BCUT2D eigenvalue weighted by Gasteiger charge is -2.05. The minimum absolute atomic E-state index is 0.209. The van der Waals surface area contributed by atoms with Gasteiger partial charge in [-0.15, -0.1) is 13.7 Å². The second kappa shape index (κ2) is 4.28. The maximum absolute atomic E-state index is 12.9. The van der Waals surface area contributed by atoms with E-state index in [1.54, 1.807) is 0 Å². The van der Waals surface area contributed by atoms with Gasteiger partial charge in [0.1, 0.15) is 5.82 Å². The van der Waals surface area contributed by atoms with Crippen molar-refractivity contribution in [1.82, 2.24) is 0 Å². The van der Waals surface area contributed by atoms with Crippen LogP contribution < -0.4 is 4.18 Å². The molecule has 1 rings (SSSR count). The Morgan fingerprint density at radius 2 is 1.69 bits per heavy atom. The Bertz CT molecular complexity index is 528. The Balaban J connectivity index is 3.13. The van der Waals surface area contributed by atoms with Crippen LogP contribution in [0.25, 0.3) is 0 Å². The molecule has 0 saturated carbocycles. The number of nitrogens with zero attached hydrogens (tertiary/aromatic N) is 1. The third-order valence-electron chi connectivity index (χ3n) is 1.29. The maximum Gasteiger partial charge on any atom is 0.511 e. The molecular weight excluding hydrogens is 251 g/mol. The van der Waals surface area contributed by atoms with E-state index in [9.17, 15) is 21.6 Å². The van der Waals surface area contributed by atoms with Crippen molar-refractivity contribution in [3.8, 4) is 12.0 Å². The average Bonchev–Trinajstić information content (AvgIpc) is 2.11. The second-order valence-electron chi connectivity index (χ2n) is 2.36. The summed E-state index contributed by atoms with van der Waals surface area (Å²) in [6.07, 6.45) is 0.747. The third-order valence-corrected chi connectivity index (χ3v) is 1.94. The van der Waals surface area contributed by atoms with Gasteiger partial charge >= 0.3 is 16.7 Å². The largest absolute Gasteiger partial charge is 0.511 e. The number of nitriles is 1. The van der Waals surface area contributed by atoms with E-state index in [1.165, 1.54) is 0 Å². The fourth-order valence-corrected chi connectivity index (χ4v) is 1.26. The van der Waals surface area contributed by atoms with Gasteiger partial charge in [0.25, 0.3) is 0 Å². The van der Waals surface area contributed by atoms with E-state index in [2.05, 4.69) is 8.37 Å². The molecule has 86 valence electrons. The zero-order valence-electron chi connectivity index (χ0n) is 7.28. The summed E-state index contributed by atoms with van der Waals surface area (Å²) in [7, 11) is -4.91. The monoisotopic (exact) mass is 253 g/mol. The average molecular weight is 253 g/mol. The van der Waals surface area contributed by atoms with E-state index in [4.69, 9.17) is 5.26 Å². The molecule has 1 aromatic rings. The van der Waals surface area contributed by atoms with Gasteiger partial charge in [-0.2, -0.15) is 0 Å². The van der Waals surface area contributed by atoms with Crippen LogP contribution in [0.1, 0.15) is 0 Å². The highest BCUT2D eigenvalue weighted by Gasteiger charge is 2.22. The molecule has 0 bridgehead atoms. The van der Waals surface area contributed by atoms with Crippen molar-refractivity contribution in [1.29, 1.82) is 5.26 Å². The standard InChI is InChI=1S/C7H2F3NO4S/c8-4-1-5(9)7(6(10)2-4)15-16(12,13)14-3-11/h1-2H. The Morgan fingerprint density at radius 1 is 1.19 bits per heavy atom. The van der Waals surface area contributed by atoms with Gasteiger partial charge < -0.3 is 4.18 Å². The number of benzene rings is 1. The van der Waals surface area contributed by atoms with E-state index in [-0.39, 0.29) is 12.1 Å². The molecule has 0 atom stereocenters. The SMILES string of the molecule is N#COS(=O)(=O)Oc1c(F)cc(F)cc1F. The van der Waals surface area contributed by atoms with Gasteiger partial charge in [-0.1, -0.05) is 0 Å². The Kier molecular flexibility index (Phi) is 3.24. The van der Waals surface area contributed by atoms with Crippen LogP contribution in [0.5, 0.6) is 5.75 Å². The molecule has 0 amide bonds. The van der Waals surface area contributed by atoms with Crippen LogP contribution in [-0.4, -0.2) is 8.42 Å². The van der Waals surface area contributed by atoms with E-state index in [0.29, 0.717) is 0 Å². The van der Waals surface area contributed by atoms with Crippen LogP contribution >= 0.6 is 0 Å². The summed E-state index contributed by atoms with van der Waals surface area (Å²) in [5.41, 5.74) is 0. The van der Waals surface area contributed by atoms with Crippen molar-refractivity contribution in [3.05, 3.63) is 29.6 Å². The van der Waals surface area contributed by atoms with Crippen molar-refractivity contribution in [2.45, 2.75) is 0 Å². The normalized spacial score (nSPS) is 10.6. The second-order valence-corrected chi connectivity index (χ2v) is 3.51. The summed E-state index contributed by atoms with van der Waals surface area (Å²) < 4.78 is 66.7. The number of hydrogen-bond donors (Lipinski definition) is 0. The molecule has 0 saturated heterocycles. The van der Waals surface area contributed by atoms with E-state index in [0.717, 1.165) is 6.26 Å². The van der Waals surface area contributed by atoms with Gasteiger partial charge in [-0.25, -0.2) is 13.2 Å². The molecule has 9 heteroatoms. The van der Waals surface area contributed by atoms with Crippen LogP contribution in [0.3, 0.4) is 0 Å². The molecule has 1 aromatic carbocycles. The van der Waals surface area contributed by atoms with Crippen molar-refractivity contribution >= 4 is 10.4 Å². The predicted molar refractivity (Wildman–Crippen MR) is 42.6 cm³/mol. The zero-order chi connectivity index (χ0) is 12.3. The molecule has 0 aromatic heterocycles. The van der Waals surface area contributed by atoms with Crippen LogP contribution in [-0.2, 0) is 14.6 Å². The smallest absolute Gasteiger partial charge is 0.346 e. The third kappa shape index (κ3) is 2.77. The molecule has 0 aliphatic carbocycles. The first-order valence-corrected chi connectivity index (χ1v) is 4.85. The molecule has 0 heterocycles. The molecular formula is C7H2F3NO4S. The van der Waals surface area contributed by atoms with Crippen molar-refractivity contribution in [2.75, 3.05) is 0 Å². The van der Waals surface area contributed by atoms with Gasteiger partial charge in [0.05, 0.1) is 0 Å². The zero-order valence-corrected chi connectivity index (χ0v) is 8.09. The van der Waals surface area contributed by atoms with Crippen molar-refractivity contribution < 1.29 is 30.0 Å². The first-order chi connectivity index (χ1) is 7.35. The molecule has 0 N–H and O–H groups in total. The summed E-state index contributed by atoms with van der Waals surface area (Å²) in [6, 6.07) is 0.417. The predicted octanol–water partition coefficient (Wildman–Crippen LogP) is 1.23. The Hall–Kier alpha value is -1.95. The topological polar surface area (TPSA) is 76.4 Å². The molecule has 0 radical (unpaired) electrons. The maximum atomic E-state index is 12.9. The van der Waals surface area contributed by atoms with E-state index >= 15 is 0 Å². The lowest BCUT2D eigenvalue weighted by Crippen LogP contribution is -2.12. The lowest BCUT2D eigenvalue weighted by molar-refractivity contribution is 0.352. The van der Waals surface area contributed by atoms with Crippen molar-refractivity contribution in [3.63, 3.8) is 0 Å². The first-order valence-electron chi connectivity index (χ1n) is 3.52. The van der Waals surface area contributed by atoms with Gasteiger partial charge in [0.2, 0.25) is 5.75 Å². The number of hydrogen-bond acceptors (Lipinski definition) is 5. The minimum Gasteiger partial charge on any atom is -0.346 e. The van der Waals surface area contributed by atoms with Crippen molar-refractivity contribution in [2.24, 2.45) is 0 Å². The molecule has 16 heavy (non-hydrogen) atoms. The number of rotatable bonds is 3. The fraction of sp³-hybridized carbons (Fsp3) is 0.